The number of carboxylic acids is 1. The van der Waals surface area contributed by atoms with Crippen molar-refractivity contribution in [2.24, 2.45) is 5.92 Å². The molecule has 37 heavy (non-hydrogen) atoms. The van der Waals surface area contributed by atoms with E-state index in [0.717, 1.165) is 18.4 Å². The average molecular weight is 543 g/mol. The minimum atomic E-state index is -0.995. The van der Waals surface area contributed by atoms with E-state index >= 15 is 4.39 Å². The molecule has 8 heteroatoms. The van der Waals surface area contributed by atoms with Crippen LogP contribution in [-0.2, 0) is 12.8 Å². The molecule has 1 saturated carbocycles. The lowest BCUT2D eigenvalue weighted by Crippen LogP contribution is -2.17. The van der Waals surface area contributed by atoms with Gasteiger partial charge in [-0.2, -0.15) is 0 Å². The Morgan fingerprint density at radius 1 is 1.03 bits per heavy atom. The number of aryl methyl sites for hydroxylation is 1. The van der Waals surface area contributed by atoms with E-state index in [1.807, 2.05) is 0 Å². The van der Waals surface area contributed by atoms with E-state index in [-0.39, 0.29) is 23.8 Å². The number of aliphatic hydroxyl groups excluding tert-OH is 1. The summed E-state index contributed by atoms with van der Waals surface area (Å²) in [6, 6.07) is 14.6. The van der Waals surface area contributed by atoms with E-state index in [1.165, 1.54) is 12.1 Å². The SMILES string of the molecule is O=C(O)c1ccc2c(c1)CCC(c1ccc(OC/C(Cc3c(Cl)cccc3Cl)=C(/O)C3CC3)cc1F)O2. The van der Waals surface area contributed by atoms with Crippen LogP contribution in [0.3, 0.4) is 0 Å². The van der Waals surface area contributed by atoms with E-state index in [2.05, 4.69) is 0 Å². The van der Waals surface area contributed by atoms with Crippen molar-refractivity contribution < 1.29 is 28.9 Å². The fourth-order valence-electron chi connectivity index (χ4n) is 4.55. The molecule has 1 aliphatic heterocycles. The molecule has 5 rings (SSSR count). The lowest BCUT2D eigenvalue weighted by Gasteiger charge is -2.27. The molecule has 0 bridgehead atoms. The highest BCUT2D eigenvalue weighted by Crippen LogP contribution is 2.39. The third-order valence-electron chi connectivity index (χ3n) is 6.76. The summed E-state index contributed by atoms with van der Waals surface area (Å²) in [5.74, 6) is -0.172. The molecule has 2 N–H and O–H groups in total. The highest BCUT2D eigenvalue weighted by Gasteiger charge is 2.29. The average Bonchev–Trinajstić information content (AvgIpc) is 3.73. The van der Waals surface area contributed by atoms with Crippen LogP contribution < -0.4 is 9.47 Å². The maximum Gasteiger partial charge on any atom is 0.335 e. The Morgan fingerprint density at radius 2 is 1.78 bits per heavy atom. The Labute approximate surface area is 224 Å². The zero-order valence-corrected chi connectivity index (χ0v) is 21.4. The van der Waals surface area contributed by atoms with Crippen LogP contribution in [0.4, 0.5) is 4.39 Å². The normalized spacial score (nSPS) is 17.4. The monoisotopic (exact) mass is 542 g/mol. The van der Waals surface area contributed by atoms with Crippen molar-refractivity contribution in [2.75, 3.05) is 6.61 Å². The molecule has 5 nitrogen and oxygen atoms in total. The zero-order valence-electron chi connectivity index (χ0n) is 19.8. The summed E-state index contributed by atoms with van der Waals surface area (Å²) in [6.45, 7) is 0.0713. The molecule has 1 atom stereocenters. The molecule has 1 unspecified atom stereocenters. The van der Waals surface area contributed by atoms with E-state index in [0.29, 0.717) is 57.5 Å². The van der Waals surface area contributed by atoms with Gasteiger partial charge in [0.1, 0.15) is 30.0 Å². The molecule has 0 aromatic heterocycles. The second-order valence-corrected chi connectivity index (χ2v) is 10.2. The molecule has 0 radical (unpaired) electrons. The molecule has 0 spiro atoms. The fourth-order valence-corrected chi connectivity index (χ4v) is 5.08. The molecule has 0 amide bonds. The summed E-state index contributed by atoms with van der Waals surface area (Å²) < 4.78 is 27.0. The van der Waals surface area contributed by atoms with Crippen molar-refractivity contribution in [3.8, 4) is 11.5 Å². The second kappa shape index (κ2) is 10.6. The van der Waals surface area contributed by atoms with Gasteiger partial charge in [0, 0.05) is 39.6 Å². The smallest absolute Gasteiger partial charge is 0.335 e. The molecule has 1 fully saturated rings. The van der Waals surface area contributed by atoms with Gasteiger partial charge in [-0.1, -0.05) is 29.3 Å². The van der Waals surface area contributed by atoms with Crippen LogP contribution in [0.1, 0.15) is 52.4 Å². The van der Waals surface area contributed by atoms with E-state index < -0.39 is 17.9 Å². The largest absolute Gasteiger partial charge is 0.512 e. The maximum absolute atomic E-state index is 15.1. The van der Waals surface area contributed by atoms with Crippen LogP contribution >= 0.6 is 23.2 Å². The van der Waals surface area contributed by atoms with E-state index in [9.17, 15) is 15.0 Å². The van der Waals surface area contributed by atoms with Gasteiger partial charge in [-0.3, -0.25) is 0 Å². The number of aromatic carboxylic acids is 1. The minimum Gasteiger partial charge on any atom is -0.512 e. The molecule has 1 aliphatic carbocycles. The molecule has 2 aliphatic rings. The second-order valence-electron chi connectivity index (χ2n) is 9.38. The summed E-state index contributed by atoms with van der Waals surface area (Å²) in [5, 5.41) is 21.0. The van der Waals surface area contributed by atoms with Crippen LogP contribution in [0.2, 0.25) is 10.0 Å². The third-order valence-corrected chi connectivity index (χ3v) is 7.47. The number of aliphatic hydroxyl groups is 1. The van der Waals surface area contributed by atoms with Crippen molar-refractivity contribution in [3.05, 3.63) is 104 Å². The number of hydrogen-bond donors (Lipinski definition) is 2. The van der Waals surface area contributed by atoms with Crippen LogP contribution in [0.5, 0.6) is 11.5 Å². The number of carboxylic acid groups (broad SMARTS) is 1. The minimum absolute atomic E-state index is 0.0713. The van der Waals surface area contributed by atoms with Crippen LogP contribution in [-0.4, -0.2) is 22.8 Å². The zero-order chi connectivity index (χ0) is 26.1. The predicted octanol–water partition coefficient (Wildman–Crippen LogP) is 7.74. The van der Waals surface area contributed by atoms with Crippen molar-refractivity contribution in [2.45, 2.75) is 38.2 Å². The first kappa shape index (κ1) is 25.4. The Hall–Kier alpha value is -3.22. The summed E-state index contributed by atoms with van der Waals surface area (Å²) in [6.07, 6.45) is 2.77. The van der Waals surface area contributed by atoms with Crippen LogP contribution in [0, 0.1) is 11.7 Å². The van der Waals surface area contributed by atoms with Gasteiger partial charge in [-0.25, -0.2) is 9.18 Å². The molecule has 3 aromatic rings. The van der Waals surface area contributed by atoms with Gasteiger partial charge >= 0.3 is 5.97 Å². The Kier molecular flexibility index (Phi) is 7.31. The first-order valence-corrected chi connectivity index (χ1v) is 12.8. The van der Waals surface area contributed by atoms with Gasteiger partial charge < -0.3 is 19.7 Å². The highest BCUT2D eigenvalue weighted by atomic mass is 35.5. The van der Waals surface area contributed by atoms with Gasteiger partial charge in [-0.15, -0.1) is 0 Å². The summed E-state index contributed by atoms with van der Waals surface area (Å²) >= 11 is 12.7. The number of rotatable bonds is 8. The number of carbonyl (C=O) groups is 1. The van der Waals surface area contributed by atoms with Crippen molar-refractivity contribution in [3.63, 3.8) is 0 Å². The van der Waals surface area contributed by atoms with Gasteiger partial charge in [0.05, 0.1) is 11.3 Å². The van der Waals surface area contributed by atoms with Gasteiger partial charge in [0.25, 0.3) is 0 Å². The summed E-state index contributed by atoms with van der Waals surface area (Å²) in [7, 11) is 0. The van der Waals surface area contributed by atoms with Crippen molar-refractivity contribution in [1.29, 1.82) is 0 Å². The Morgan fingerprint density at radius 3 is 2.46 bits per heavy atom. The number of fused-ring (bicyclic) bond motifs is 1. The third kappa shape index (κ3) is 5.71. The van der Waals surface area contributed by atoms with Crippen molar-refractivity contribution in [1.82, 2.24) is 0 Å². The molecule has 3 aromatic carbocycles. The van der Waals surface area contributed by atoms with Gasteiger partial charge in [0.15, 0.2) is 0 Å². The molecular weight excluding hydrogens is 518 g/mol. The first-order chi connectivity index (χ1) is 17.8. The number of benzene rings is 3. The number of hydrogen-bond acceptors (Lipinski definition) is 4. The lowest BCUT2D eigenvalue weighted by molar-refractivity contribution is 0.0696. The molecule has 192 valence electrons. The highest BCUT2D eigenvalue weighted by molar-refractivity contribution is 6.36. The number of halogens is 3. The molecular formula is C29H25Cl2FO5. The lowest BCUT2D eigenvalue weighted by atomic mass is 9.96. The van der Waals surface area contributed by atoms with Gasteiger partial charge in [-0.05, 0) is 79.3 Å². The summed E-state index contributed by atoms with van der Waals surface area (Å²) in [5.41, 5.74) is 2.77. The topological polar surface area (TPSA) is 76.0 Å². The van der Waals surface area contributed by atoms with E-state index in [1.54, 1.807) is 42.5 Å². The van der Waals surface area contributed by atoms with Crippen LogP contribution in [0.25, 0.3) is 0 Å². The number of allylic oxidation sites excluding steroid dienone is 1. The quantitative estimate of drug-likeness (QED) is 0.284. The predicted molar refractivity (Wildman–Crippen MR) is 140 cm³/mol. The molecule has 0 saturated heterocycles. The Bertz CT molecular complexity index is 1360. The van der Waals surface area contributed by atoms with Gasteiger partial charge in [0.2, 0.25) is 0 Å². The van der Waals surface area contributed by atoms with Crippen LogP contribution in [0.15, 0.2) is 65.9 Å². The first-order valence-electron chi connectivity index (χ1n) is 12.1. The van der Waals surface area contributed by atoms with Crippen molar-refractivity contribution >= 4 is 29.2 Å². The fraction of sp³-hybridized carbons (Fsp3) is 0.276. The maximum atomic E-state index is 15.1. The molecule has 1 heterocycles. The number of ether oxygens (including phenoxy) is 2. The standard InChI is InChI=1S/C29H25Cl2FO5/c30-23-2-1-3-24(31)22(23)13-19(28(33)16-4-5-16)15-36-20-8-9-21(25(32)14-20)27-11-6-17-12-18(29(34)35)7-10-26(17)37-27/h1-3,7-10,12,14,16,27,33H,4-6,11,13,15H2,(H,34,35)/b28-19+. The summed E-state index contributed by atoms with van der Waals surface area (Å²) in [4.78, 5) is 11.2. The van der Waals surface area contributed by atoms with E-state index in [4.69, 9.17) is 32.7 Å². The Balaban J connectivity index is 1.29.